The number of hydrogen-bond acceptors (Lipinski definition) is 4. The summed E-state index contributed by atoms with van der Waals surface area (Å²) in [6.07, 6.45) is 0.524. The molecule has 3 aromatic carbocycles. The molecule has 0 aliphatic carbocycles. The van der Waals surface area contributed by atoms with Crippen LogP contribution >= 0.6 is 0 Å². The molecular formula is C24H22O6. The average Bonchev–Trinajstić information content (AvgIpc) is 2.75. The van der Waals surface area contributed by atoms with E-state index < -0.39 is 11.9 Å². The van der Waals surface area contributed by atoms with Crippen molar-refractivity contribution in [1.29, 1.82) is 0 Å². The maximum atomic E-state index is 11.8. The molecule has 0 fully saturated rings. The summed E-state index contributed by atoms with van der Waals surface area (Å²) < 4.78 is 11.4. The van der Waals surface area contributed by atoms with Gasteiger partial charge in [-0.25, -0.2) is 9.59 Å². The molecule has 0 atom stereocenters. The van der Waals surface area contributed by atoms with E-state index in [4.69, 9.17) is 9.47 Å². The minimum absolute atomic E-state index is 0.0753. The predicted molar refractivity (Wildman–Crippen MR) is 112 cm³/mol. The smallest absolute Gasteiger partial charge is 0.335 e. The van der Waals surface area contributed by atoms with Gasteiger partial charge in [-0.1, -0.05) is 36.4 Å². The summed E-state index contributed by atoms with van der Waals surface area (Å²) in [5.74, 6) is -0.880. The zero-order chi connectivity index (χ0) is 21.3. The molecule has 3 rings (SSSR count). The summed E-state index contributed by atoms with van der Waals surface area (Å²) in [7, 11) is 0. The first-order chi connectivity index (χ1) is 14.6. The molecule has 0 heterocycles. The second-order valence-corrected chi connectivity index (χ2v) is 6.55. The minimum Gasteiger partial charge on any atom is -0.493 e. The van der Waals surface area contributed by atoms with Crippen molar-refractivity contribution in [1.82, 2.24) is 0 Å². The lowest BCUT2D eigenvalue weighted by Crippen LogP contribution is -2.16. The quantitative estimate of drug-likeness (QED) is 0.521. The van der Waals surface area contributed by atoms with Gasteiger partial charge in [-0.2, -0.15) is 0 Å². The fraction of sp³-hybridized carbons (Fsp3) is 0.167. The number of hydrogen-bond donors (Lipinski definition) is 2. The largest absolute Gasteiger partial charge is 0.493 e. The topological polar surface area (TPSA) is 93.1 Å². The van der Waals surface area contributed by atoms with Crippen molar-refractivity contribution in [3.63, 3.8) is 0 Å². The van der Waals surface area contributed by atoms with Crippen molar-refractivity contribution in [3.05, 3.63) is 95.1 Å². The fourth-order valence-electron chi connectivity index (χ4n) is 3.24. The number of rotatable bonds is 10. The van der Waals surface area contributed by atoms with E-state index in [1.165, 1.54) is 12.1 Å². The van der Waals surface area contributed by atoms with Crippen molar-refractivity contribution in [2.24, 2.45) is 0 Å². The van der Waals surface area contributed by atoms with Crippen molar-refractivity contribution in [3.8, 4) is 11.5 Å². The Labute approximate surface area is 174 Å². The molecule has 0 aliphatic heterocycles. The van der Waals surface area contributed by atoms with Crippen LogP contribution in [0, 0.1) is 0 Å². The van der Waals surface area contributed by atoms with Gasteiger partial charge in [-0.15, -0.1) is 0 Å². The maximum absolute atomic E-state index is 11.8. The van der Waals surface area contributed by atoms with Gasteiger partial charge in [0.05, 0.1) is 24.3 Å². The standard InChI is InChI=1S/C24H22O6/c25-23(26)21-11-12-22(24(27)28)20(14-16-30-18-9-5-2-6-10-18)19(21)13-15-29-17-7-3-1-4-8-17/h1-12H,13-16H2,(H,25,26)(H,27,28). The summed E-state index contributed by atoms with van der Waals surface area (Å²) in [5.41, 5.74) is 1.06. The van der Waals surface area contributed by atoms with Crippen LogP contribution in [0.2, 0.25) is 0 Å². The molecule has 0 spiro atoms. The summed E-state index contributed by atoms with van der Waals surface area (Å²) in [4.78, 5) is 23.5. The Morgan fingerprint density at radius 3 is 1.30 bits per heavy atom. The van der Waals surface area contributed by atoms with E-state index in [9.17, 15) is 19.8 Å². The second kappa shape index (κ2) is 10.1. The first kappa shape index (κ1) is 20.9. The van der Waals surface area contributed by atoms with Crippen molar-refractivity contribution in [2.75, 3.05) is 13.2 Å². The summed E-state index contributed by atoms with van der Waals surface area (Å²) in [5, 5.41) is 19.2. The summed E-state index contributed by atoms with van der Waals surface area (Å²) in [6.45, 7) is 0.444. The Balaban J connectivity index is 1.83. The van der Waals surface area contributed by atoms with Crippen LogP contribution in [0.25, 0.3) is 0 Å². The number of carboxylic acids is 2. The number of aromatic carboxylic acids is 2. The third-order valence-corrected chi connectivity index (χ3v) is 4.62. The van der Waals surface area contributed by atoms with E-state index in [0.717, 1.165) is 0 Å². The Hall–Kier alpha value is -3.80. The molecule has 0 radical (unpaired) electrons. The molecule has 0 aromatic heterocycles. The predicted octanol–water partition coefficient (Wildman–Crippen LogP) is 4.33. The maximum Gasteiger partial charge on any atom is 0.335 e. The first-order valence-electron chi connectivity index (χ1n) is 9.53. The van der Waals surface area contributed by atoms with Crippen LogP contribution in [-0.4, -0.2) is 35.4 Å². The van der Waals surface area contributed by atoms with Crippen LogP contribution in [-0.2, 0) is 12.8 Å². The Kier molecular flexibility index (Phi) is 7.05. The fourth-order valence-corrected chi connectivity index (χ4v) is 3.24. The minimum atomic E-state index is -1.10. The van der Waals surface area contributed by atoms with Crippen LogP contribution in [0.5, 0.6) is 11.5 Å². The summed E-state index contributed by atoms with van der Waals surface area (Å²) in [6, 6.07) is 21.0. The molecule has 2 N–H and O–H groups in total. The average molecular weight is 406 g/mol. The van der Waals surface area contributed by atoms with Crippen molar-refractivity contribution < 1.29 is 29.3 Å². The van der Waals surface area contributed by atoms with Crippen molar-refractivity contribution >= 4 is 11.9 Å². The normalized spacial score (nSPS) is 10.4. The number of benzene rings is 3. The number of carbonyl (C=O) groups is 2. The molecule has 30 heavy (non-hydrogen) atoms. The zero-order valence-electron chi connectivity index (χ0n) is 16.3. The Morgan fingerprint density at radius 1 is 0.600 bits per heavy atom. The third-order valence-electron chi connectivity index (χ3n) is 4.62. The van der Waals surface area contributed by atoms with E-state index >= 15 is 0 Å². The van der Waals surface area contributed by atoms with Crippen LogP contribution < -0.4 is 9.47 Å². The van der Waals surface area contributed by atoms with Gasteiger partial charge in [0.1, 0.15) is 11.5 Å². The Morgan fingerprint density at radius 2 is 0.967 bits per heavy atom. The number of carboxylic acid groups (broad SMARTS) is 2. The van der Waals surface area contributed by atoms with E-state index in [-0.39, 0.29) is 37.2 Å². The lowest BCUT2D eigenvalue weighted by molar-refractivity contribution is 0.0678. The number of ether oxygens (including phenoxy) is 2. The molecule has 0 saturated carbocycles. The lowest BCUT2D eigenvalue weighted by atomic mass is 9.92. The molecule has 0 amide bonds. The van der Waals surface area contributed by atoms with Gasteiger partial charge in [0, 0.05) is 12.8 Å². The second-order valence-electron chi connectivity index (χ2n) is 6.55. The van der Waals surface area contributed by atoms with E-state index in [0.29, 0.717) is 22.6 Å². The van der Waals surface area contributed by atoms with E-state index in [1.807, 2.05) is 36.4 Å². The van der Waals surface area contributed by atoms with Gasteiger partial charge in [0.25, 0.3) is 0 Å². The van der Waals surface area contributed by atoms with Crippen LogP contribution in [0.1, 0.15) is 31.8 Å². The number of para-hydroxylation sites is 2. The Bertz CT molecular complexity index is 916. The highest BCUT2D eigenvalue weighted by molar-refractivity contribution is 5.95. The molecule has 6 nitrogen and oxygen atoms in total. The van der Waals surface area contributed by atoms with Crippen LogP contribution in [0.4, 0.5) is 0 Å². The zero-order valence-corrected chi connectivity index (χ0v) is 16.3. The van der Waals surface area contributed by atoms with Gasteiger partial charge in [0.2, 0.25) is 0 Å². The molecule has 0 unspecified atom stereocenters. The molecule has 0 aliphatic rings. The van der Waals surface area contributed by atoms with Gasteiger partial charge >= 0.3 is 11.9 Å². The highest BCUT2D eigenvalue weighted by atomic mass is 16.5. The lowest BCUT2D eigenvalue weighted by Gasteiger charge is -2.16. The summed E-state index contributed by atoms with van der Waals surface area (Å²) >= 11 is 0. The van der Waals surface area contributed by atoms with E-state index in [2.05, 4.69) is 0 Å². The van der Waals surface area contributed by atoms with Gasteiger partial charge < -0.3 is 19.7 Å². The third kappa shape index (κ3) is 5.38. The SMILES string of the molecule is O=C(O)c1ccc(C(=O)O)c(CCOc2ccccc2)c1CCOc1ccccc1. The first-order valence-corrected chi connectivity index (χ1v) is 9.53. The van der Waals surface area contributed by atoms with E-state index in [1.54, 1.807) is 24.3 Å². The van der Waals surface area contributed by atoms with Gasteiger partial charge in [-0.05, 0) is 47.5 Å². The molecule has 0 bridgehead atoms. The van der Waals surface area contributed by atoms with Crippen molar-refractivity contribution in [2.45, 2.75) is 12.8 Å². The molecule has 6 heteroatoms. The highest BCUT2D eigenvalue weighted by Crippen LogP contribution is 2.23. The van der Waals surface area contributed by atoms with Gasteiger partial charge in [-0.3, -0.25) is 0 Å². The highest BCUT2D eigenvalue weighted by Gasteiger charge is 2.21. The monoisotopic (exact) mass is 406 g/mol. The van der Waals surface area contributed by atoms with Gasteiger partial charge in [0.15, 0.2) is 0 Å². The molecule has 3 aromatic rings. The van der Waals surface area contributed by atoms with Crippen LogP contribution in [0.15, 0.2) is 72.8 Å². The van der Waals surface area contributed by atoms with Crippen LogP contribution in [0.3, 0.4) is 0 Å². The molecule has 0 saturated heterocycles. The molecular weight excluding hydrogens is 384 g/mol. The molecule has 154 valence electrons.